The molecule has 112 valence electrons. The van der Waals surface area contributed by atoms with Gasteiger partial charge >= 0.3 is 0 Å². The first-order valence-electron chi connectivity index (χ1n) is 6.74. The molecule has 0 unspecified atom stereocenters. The lowest BCUT2D eigenvalue weighted by Gasteiger charge is -2.08. The zero-order valence-corrected chi connectivity index (χ0v) is 14.0. The van der Waals surface area contributed by atoms with Crippen molar-refractivity contribution in [2.45, 2.75) is 13.3 Å². The van der Waals surface area contributed by atoms with Gasteiger partial charge in [0.25, 0.3) is 5.69 Å². The number of halogens is 1. The van der Waals surface area contributed by atoms with E-state index in [2.05, 4.69) is 33.6 Å². The van der Waals surface area contributed by atoms with Gasteiger partial charge in [-0.3, -0.25) is 10.1 Å². The number of aryl methyl sites for hydroxylation is 1. The van der Waals surface area contributed by atoms with Crippen LogP contribution in [0.2, 0.25) is 0 Å². The van der Waals surface area contributed by atoms with E-state index in [-0.39, 0.29) is 10.6 Å². The summed E-state index contributed by atoms with van der Waals surface area (Å²) in [5.74, 6) is 0. The minimum Gasteiger partial charge on any atom is -0.398 e. The Morgan fingerprint density at radius 3 is 2.77 bits per heavy atom. The molecule has 0 amide bonds. The van der Waals surface area contributed by atoms with Gasteiger partial charge < -0.3 is 10.7 Å². The molecule has 5 nitrogen and oxygen atoms in total. The minimum atomic E-state index is -0.383. The number of nitrogen functional groups attached to an aromatic ring is 1. The third kappa shape index (κ3) is 2.66. The second-order valence-electron chi connectivity index (χ2n) is 5.28. The van der Waals surface area contributed by atoms with Gasteiger partial charge in [0.1, 0.15) is 0 Å². The van der Waals surface area contributed by atoms with Crippen molar-refractivity contribution in [3.8, 4) is 0 Å². The van der Waals surface area contributed by atoms with Gasteiger partial charge in [-0.25, -0.2) is 0 Å². The predicted molar refractivity (Wildman–Crippen MR) is 96.1 cm³/mol. The zero-order valence-electron chi connectivity index (χ0n) is 11.9. The Kier molecular flexibility index (Phi) is 3.78. The van der Waals surface area contributed by atoms with Crippen LogP contribution in [0.15, 0.2) is 36.5 Å². The van der Waals surface area contributed by atoms with E-state index in [4.69, 9.17) is 5.73 Å². The number of benzene rings is 2. The molecule has 3 aromatic rings. The van der Waals surface area contributed by atoms with Gasteiger partial charge in [-0.05, 0) is 70.8 Å². The number of nitro benzene ring substituents is 1. The topological polar surface area (TPSA) is 85.0 Å². The smallest absolute Gasteiger partial charge is 0.271 e. The number of nitrogens with one attached hydrogen (secondary N) is 1. The Morgan fingerprint density at radius 2 is 2.05 bits per heavy atom. The number of anilines is 1. The van der Waals surface area contributed by atoms with E-state index in [9.17, 15) is 10.1 Å². The van der Waals surface area contributed by atoms with Crippen molar-refractivity contribution in [1.82, 2.24) is 4.98 Å². The molecular weight excluding hydrogens is 393 g/mol. The fourth-order valence-corrected chi connectivity index (χ4v) is 3.11. The molecule has 2 aromatic carbocycles. The van der Waals surface area contributed by atoms with Gasteiger partial charge in [0.2, 0.25) is 0 Å². The number of rotatable bonds is 3. The van der Waals surface area contributed by atoms with Crippen molar-refractivity contribution in [1.29, 1.82) is 0 Å². The molecule has 0 radical (unpaired) electrons. The summed E-state index contributed by atoms with van der Waals surface area (Å²) >= 11 is 2.23. The molecule has 6 heteroatoms. The second-order valence-corrected chi connectivity index (χ2v) is 6.44. The quantitative estimate of drug-likeness (QED) is 0.296. The summed E-state index contributed by atoms with van der Waals surface area (Å²) in [4.78, 5) is 13.6. The minimum absolute atomic E-state index is 0.0964. The van der Waals surface area contributed by atoms with Crippen LogP contribution >= 0.6 is 22.6 Å². The highest BCUT2D eigenvalue weighted by Crippen LogP contribution is 2.27. The van der Waals surface area contributed by atoms with Crippen LogP contribution in [-0.2, 0) is 6.42 Å². The number of non-ortho nitro benzene ring substituents is 1. The zero-order chi connectivity index (χ0) is 15.9. The molecule has 3 N–H and O–H groups in total. The summed E-state index contributed by atoms with van der Waals surface area (Å²) in [6, 6.07) is 8.99. The van der Waals surface area contributed by atoms with E-state index >= 15 is 0 Å². The van der Waals surface area contributed by atoms with Crippen molar-refractivity contribution in [3.63, 3.8) is 0 Å². The largest absolute Gasteiger partial charge is 0.398 e. The van der Waals surface area contributed by atoms with Crippen LogP contribution in [-0.4, -0.2) is 9.91 Å². The Morgan fingerprint density at radius 1 is 1.27 bits per heavy atom. The molecule has 3 rings (SSSR count). The van der Waals surface area contributed by atoms with Crippen molar-refractivity contribution < 1.29 is 4.92 Å². The second kappa shape index (κ2) is 5.60. The predicted octanol–water partition coefficient (Wildman–Crippen LogP) is 4.16. The number of hydrogen-bond donors (Lipinski definition) is 2. The lowest BCUT2D eigenvalue weighted by molar-refractivity contribution is -0.384. The van der Waals surface area contributed by atoms with Crippen molar-refractivity contribution in [2.24, 2.45) is 0 Å². The monoisotopic (exact) mass is 407 g/mol. The normalized spacial score (nSPS) is 11.0. The van der Waals surface area contributed by atoms with Gasteiger partial charge in [-0.1, -0.05) is 0 Å². The average molecular weight is 407 g/mol. The van der Waals surface area contributed by atoms with Crippen LogP contribution in [0.3, 0.4) is 0 Å². The maximum atomic E-state index is 10.8. The molecule has 0 atom stereocenters. The van der Waals surface area contributed by atoms with Crippen LogP contribution in [0.4, 0.5) is 11.4 Å². The SMILES string of the molecule is Cc1cc(N)c(I)cc1Cc1c[nH]c2cc([N+](=O)[O-])ccc12. The number of aromatic amines is 1. The van der Waals surface area contributed by atoms with E-state index in [0.717, 1.165) is 37.7 Å². The van der Waals surface area contributed by atoms with Crippen LogP contribution in [0.25, 0.3) is 10.9 Å². The Labute approximate surface area is 140 Å². The van der Waals surface area contributed by atoms with Gasteiger partial charge in [-0.15, -0.1) is 0 Å². The van der Waals surface area contributed by atoms with Crippen LogP contribution in [0.1, 0.15) is 16.7 Å². The Bertz CT molecular complexity index is 886. The van der Waals surface area contributed by atoms with Crippen LogP contribution < -0.4 is 5.73 Å². The lowest BCUT2D eigenvalue weighted by Crippen LogP contribution is -1.97. The lowest BCUT2D eigenvalue weighted by atomic mass is 9.99. The summed E-state index contributed by atoms with van der Waals surface area (Å²) in [6.07, 6.45) is 2.68. The number of fused-ring (bicyclic) bond motifs is 1. The van der Waals surface area contributed by atoms with Gasteiger partial charge in [0.05, 0.1) is 10.4 Å². The van der Waals surface area contributed by atoms with E-state index < -0.39 is 0 Å². The first-order valence-corrected chi connectivity index (χ1v) is 7.82. The molecule has 0 aliphatic carbocycles. The number of nitro groups is 1. The number of H-pyrrole nitrogens is 1. The summed E-state index contributed by atoms with van der Waals surface area (Å²) in [7, 11) is 0. The Balaban J connectivity index is 2.01. The fraction of sp³-hybridized carbons (Fsp3) is 0.125. The van der Waals surface area contributed by atoms with E-state index in [1.54, 1.807) is 18.2 Å². The average Bonchev–Trinajstić information content (AvgIpc) is 2.87. The van der Waals surface area contributed by atoms with Crippen LogP contribution in [0, 0.1) is 20.6 Å². The number of hydrogen-bond acceptors (Lipinski definition) is 3. The Hall–Kier alpha value is -2.09. The van der Waals surface area contributed by atoms with Gasteiger partial charge in [0.15, 0.2) is 0 Å². The third-order valence-electron chi connectivity index (χ3n) is 3.80. The fourth-order valence-electron chi connectivity index (χ4n) is 2.57. The summed E-state index contributed by atoms with van der Waals surface area (Å²) in [5.41, 5.74) is 11.1. The molecule has 0 saturated heterocycles. The van der Waals surface area contributed by atoms with E-state index in [1.165, 1.54) is 5.56 Å². The van der Waals surface area contributed by atoms with Crippen molar-refractivity contribution >= 4 is 44.9 Å². The molecule has 0 aliphatic heterocycles. The van der Waals surface area contributed by atoms with E-state index in [1.807, 2.05) is 19.2 Å². The summed E-state index contributed by atoms with van der Waals surface area (Å²) in [5, 5.41) is 11.8. The molecule has 0 bridgehead atoms. The van der Waals surface area contributed by atoms with E-state index in [0.29, 0.717) is 0 Å². The number of aromatic nitrogens is 1. The van der Waals surface area contributed by atoms with Crippen molar-refractivity contribution in [2.75, 3.05) is 5.73 Å². The molecule has 0 fully saturated rings. The first kappa shape index (κ1) is 14.8. The summed E-state index contributed by atoms with van der Waals surface area (Å²) in [6.45, 7) is 2.04. The molecule has 0 spiro atoms. The molecule has 1 heterocycles. The maximum absolute atomic E-state index is 10.8. The molecule has 0 saturated carbocycles. The third-order valence-corrected chi connectivity index (χ3v) is 4.73. The first-order chi connectivity index (χ1) is 10.5. The maximum Gasteiger partial charge on any atom is 0.271 e. The number of nitrogens with two attached hydrogens (primary N) is 1. The molecule has 1 aromatic heterocycles. The molecule has 22 heavy (non-hydrogen) atoms. The highest BCUT2D eigenvalue weighted by molar-refractivity contribution is 14.1. The molecule has 0 aliphatic rings. The number of nitrogens with zero attached hydrogens (tertiary/aromatic N) is 1. The van der Waals surface area contributed by atoms with Gasteiger partial charge in [-0.2, -0.15) is 0 Å². The highest BCUT2D eigenvalue weighted by atomic mass is 127. The van der Waals surface area contributed by atoms with Crippen molar-refractivity contribution in [3.05, 3.63) is 66.9 Å². The standard InChI is InChI=1S/C16H14IN3O2/c1-9-4-15(18)14(17)6-10(9)5-11-8-19-16-7-12(20(21)22)2-3-13(11)16/h2-4,6-8,19H,5,18H2,1H3. The summed E-state index contributed by atoms with van der Waals surface area (Å²) < 4.78 is 1.04. The molecular formula is C16H14IN3O2. The van der Waals surface area contributed by atoms with Gasteiger partial charge in [0, 0.05) is 33.0 Å². The van der Waals surface area contributed by atoms with Crippen LogP contribution in [0.5, 0.6) is 0 Å². The highest BCUT2D eigenvalue weighted by Gasteiger charge is 2.12.